The molecule has 1 aromatic rings. The molecule has 3 rings (SSSR count). The molecule has 5 atom stereocenters. The fourth-order valence-corrected chi connectivity index (χ4v) is 5.50. The average Bonchev–Trinajstić information content (AvgIpc) is 3.20. The Labute approximate surface area is 199 Å². The summed E-state index contributed by atoms with van der Waals surface area (Å²) in [5.74, 6) is -1.44. The van der Waals surface area contributed by atoms with Crippen LogP contribution in [0.4, 0.5) is 0 Å². The van der Waals surface area contributed by atoms with Crippen molar-refractivity contribution in [2.24, 2.45) is 0 Å². The number of rotatable bonds is 12. The Kier molecular flexibility index (Phi) is 8.01. The zero-order chi connectivity index (χ0) is 26.0. The number of nitrogens with zero attached hydrogens (tertiary/aromatic N) is 1. The highest BCUT2D eigenvalue weighted by Crippen LogP contribution is 2.67. The second kappa shape index (κ2) is 10.3. The van der Waals surface area contributed by atoms with Crippen molar-refractivity contribution in [2.45, 2.75) is 50.2 Å². The smallest absolute Gasteiger partial charge is 0.341 e. The summed E-state index contributed by atoms with van der Waals surface area (Å²) in [7, 11) is -4.06. The van der Waals surface area contributed by atoms with Crippen molar-refractivity contribution >= 4 is 19.6 Å². The van der Waals surface area contributed by atoms with Crippen molar-refractivity contribution in [1.29, 1.82) is 0 Å². The molecule has 1 saturated carbocycles. The number of aliphatic hydroxyl groups is 2. The minimum absolute atomic E-state index is 0.0980. The monoisotopic (exact) mass is 520 g/mol. The third kappa shape index (κ3) is 5.26. The van der Waals surface area contributed by atoms with E-state index >= 15 is 0 Å². The van der Waals surface area contributed by atoms with Crippen molar-refractivity contribution in [3.63, 3.8) is 0 Å². The van der Waals surface area contributed by atoms with Gasteiger partial charge in [-0.1, -0.05) is 0 Å². The molecule has 2 fully saturated rings. The molecule has 0 aromatic carbocycles. The van der Waals surface area contributed by atoms with Crippen molar-refractivity contribution in [2.75, 3.05) is 32.9 Å². The quantitative estimate of drug-likeness (QED) is 0.146. The number of carbonyl (C=O) groups excluding carboxylic acids is 2. The molecule has 0 amide bonds. The van der Waals surface area contributed by atoms with E-state index in [1.807, 2.05) is 0 Å². The summed E-state index contributed by atoms with van der Waals surface area (Å²) in [6.45, 7) is 3.32. The Morgan fingerprint density at radius 1 is 1.20 bits per heavy atom. The van der Waals surface area contributed by atoms with Gasteiger partial charge >= 0.3 is 25.3 Å². The van der Waals surface area contributed by atoms with Gasteiger partial charge in [-0.05, 0) is 20.8 Å². The van der Waals surface area contributed by atoms with Gasteiger partial charge in [0.05, 0.1) is 19.8 Å². The van der Waals surface area contributed by atoms with Crippen LogP contribution in [-0.4, -0.2) is 88.0 Å². The van der Waals surface area contributed by atoms with Crippen LogP contribution >= 0.6 is 7.67 Å². The van der Waals surface area contributed by atoms with Gasteiger partial charge in [-0.2, -0.15) is 0 Å². The molecule has 3 unspecified atom stereocenters. The Morgan fingerprint density at radius 2 is 1.77 bits per heavy atom. The number of carbonyl (C=O) groups is 2. The first kappa shape index (κ1) is 27.2. The highest BCUT2D eigenvalue weighted by molar-refractivity contribution is 7.54. The van der Waals surface area contributed by atoms with E-state index in [9.17, 15) is 34.0 Å². The van der Waals surface area contributed by atoms with Crippen LogP contribution in [0.5, 0.6) is 0 Å². The Bertz CT molecular complexity index is 1100. The maximum absolute atomic E-state index is 13.2. The summed E-state index contributed by atoms with van der Waals surface area (Å²) in [4.78, 5) is 48.9. The highest BCUT2D eigenvalue weighted by Gasteiger charge is 2.85. The molecule has 1 aliphatic heterocycles. The zero-order valence-electron chi connectivity index (χ0n) is 19.4. The molecule has 1 saturated heterocycles. The molecule has 1 aromatic heterocycles. The van der Waals surface area contributed by atoms with Crippen LogP contribution in [0.1, 0.15) is 26.8 Å². The van der Waals surface area contributed by atoms with E-state index in [-0.39, 0.29) is 13.2 Å². The van der Waals surface area contributed by atoms with Crippen LogP contribution in [-0.2, 0) is 32.9 Å². The van der Waals surface area contributed by atoms with Crippen LogP contribution in [0, 0.1) is 0 Å². The molecule has 15 nitrogen and oxygen atoms in total. The molecule has 196 valence electrons. The fourth-order valence-electron chi connectivity index (χ4n) is 4.17. The average molecular weight is 520 g/mol. The third-order valence-electron chi connectivity index (χ3n) is 5.87. The number of hydrogen-bond donors (Lipinski definition) is 5. The normalized spacial score (nSPS) is 29.5. The van der Waals surface area contributed by atoms with Gasteiger partial charge in [-0.3, -0.25) is 28.5 Å². The molecule has 2 heterocycles. The predicted molar refractivity (Wildman–Crippen MR) is 117 cm³/mol. The first-order valence-electron chi connectivity index (χ1n) is 10.9. The first-order chi connectivity index (χ1) is 16.4. The van der Waals surface area contributed by atoms with E-state index in [1.165, 1.54) is 13.1 Å². The lowest BCUT2D eigenvalue weighted by atomic mass is 10.1. The highest BCUT2D eigenvalue weighted by atomic mass is 31.2. The standard InChI is InChI=1S/C19H29N4O11P/c1-4-31-13(25)8-20-35(30,21-9-14(26)32-5-2)33-10-11-15(27)19(29)16(18(19,3)34-11)23-7-6-12(24)22-17(23)28/h6-7,11,15-16,27,29H,4-5,8-10H2,1-3H3,(H2,20,21,30)(H,22,24,28)/t11-,15?,16-,18?,19?/m1/s1. The van der Waals surface area contributed by atoms with E-state index < -0.39 is 80.0 Å². The number of aromatic amines is 1. The largest absolute Gasteiger partial charge is 0.465 e. The van der Waals surface area contributed by atoms with Crippen molar-refractivity contribution in [3.8, 4) is 0 Å². The molecule has 1 aliphatic carbocycles. The van der Waals surface area contributed by atoms with Gasteiger partial charge in [0.25, 0.3) is 5.56 Å². The van der Waals surface area contributed by atoms with E-state index in [2.05, 4.69) is 15.2 Å². The topological polar surface area (TPSA) is 208 Å². The van der Waals surface area contributed by atoms with Crippen LogP contribution < -0.4 is 21.4 Å². The lowest BCUT2D eigenvalue weighted by Gasteiger charge is -2.26. The Morgan fingerprint density at radius 3 is 2.23 bits per heavy atom. The van der Waals surface area contributed by atoms with Gasteiger partial charge in [0.15, 0.2) is 0 Å². The number of aromatic nitrogens is 2. The van der Waals surface area contributed by atoms with Crippen molar-refractivity contribution < 1.29 is 43.1 Å². The van der Waals surface area contributed by atoms with Gasteiger partial charge in [0.2, 0.25) is 0 Å². The zero-order valence-corrected chi connectivity index (χ0v) is 20.3. The van der Waals surface area contributed by atoms with Crippen molar-refractivity contribution in [3.05, 3.63) is 33.1 Å². The number of nitrogens with one attached hydrogen (secondary N) is 3. The van der Waals surface area contributed by atoms with Gasteiger partial charge in [0.1, 0.15) is 42.5 Å². The number of fused-ring (bicyclic) bond motifs is 1. The summed E-state index contributed by atoms with van der Waals surface area (Å²) in [5, 5.41) is 26.6. The maximum Gasteiger partial charge on any atom is 0.341 e. The van der Waals surface area contributed by atoms with E-state index in [0.717, 1.165) is 10.6 Å². The molecule has 35 heavy (non-hydrogen) atoms. The van der Waals surface area contributed by atoms with E-state index in [1.54, 1.807) is 13.8 Å². The number of hydrogen-bond acceptors (Lipinski definition) is 11. The molecule has 5 N–H and O–H groups in total. The second-order valence-corrected chi connectivity index (χ2v) is 10.1. The summed E-state index contributed by atoms with van der Waals surface area (Å²) >= 11 is 0. The summed E-state index contributed by atoms with van der Waals surface area (Å²) in [6.07, 6.45) is -1.57. The summed E-state index contributed by atoms with van der Waals surface area (Å²) < 4.78 is 34.9. The molecule has 0 bridgehead atoms. The molecular formula is C19H29N4O11P. The van der Waals surface area contributed by atoms with Gasteiger partial charge in [-0.15, -0.1) is 0 Å². The number of esters is 2. The lowest BCUT2D eigenvalue weighted by Crippen LogP contribution is -2.43. The SMILES string of the molecule is CCOC(=O)CNP(=O)(NCC(=O)OCC)OC[C@H]1OC2(C)[C@@H](n3ccc(=O)[nH]c3=O)C2(O)C1O. The van der Waals surface area contributed by atoms with Gasteiger partial charge < -0.3 is 28.9 Å². The van der Waals surface area contributed by atoms with Crippen molar-refractivity contribution in [1.82, 2.24) is 19.7 Å². The van der Waals surface area contributed by atoms with Crippen LogP contribution in [0.2, 0.25) is 0 Å². The molecule has 0 radical (unpaired) electrons. The molecular weight excluding hydrogens is 491 g/mol. The number of H-pyrrole nitrogens is 1. The summed E-state index contributed by atoms with van der Waals surface area (Å²) in [6, 6.07) is 0.0943. The van der Waals surface area contributed by atoms with Crippen LogP contribution in [0.25, 0.3) is 0 Å². The van der Waals surface area contributed by atoms with Gasteiger partial charge in [-0.25, -0.2) is 15.0 Å². The van der Waals surface area contributed by atoms with Crippen LogP contribution in [0.15, 0.2) is 21.9 Å². The van der Waals surface area contributed by atoms with E-state index in [4.69, 9.17) is 18.7 Å². The lowest BCUT2D eigenvalue weighted by molar-refractivity contribution is -0.142. The molecule has 2 aliphatic rings. The first-order valence-corrected chi connectivity index (χ1v) is 12.5. The number of aliphatic hydroxyl groups excluding tert-OH is 1. The fraction of sp³-hybridized carbons (Fsp3) is 0.684. The number of ether oxygens (including phenoxy) is 3. The van der Waals surface area contributed by atoms with Gasteiger partial charge in [0, 0.05) is 12.3 Å². The minimum atomic E-state index is -4.06. The Balaban J connectivity index is 1.68. The molecule has 16 heteroatoms. The minimum Gasteiger partial charge on any atom is -0.465 e. The Hall–Kier alpha value is -2.39. The van der Waals surface area contributed by atoms with Crippen LogP contribution in [0.3, 0.4) is 0 Å². The molecule has 0 spiro atoms. The maximum atomic E-state index is 13.2. The second-order valence-electron chi connectivity index (χ2n) is 8.08. The summed E-state index contributed by atoms with van der Waals surface area (Å²) in [5.41, 5.74) is -4.72. The third-order valence-corrected chi connectivity index (χ3v) is 7.53. The van der Waals surface area contributed by atoms with E-state index in [0.29, 0.717) is 0 Å². The predicted octanol–water partition coefficient (Wildman–Crippen LogP) is -2.23.